The molecule has 0 bridgehead atoms. The standard InChI is InChI=1S/C27H27N3O2S/c1-6-11-29-19(4)15-23(20(29)5)25(31)16-33-27-28-24-10-8-7-9-22(24)26(32)30(27)21-13-17(2)12-18(3)14-21/h6-10,12-15H,1,11,16H2,2-5H3. The van der Waals surface area contributed by atoms with Crippen LogP contribution in [0.3, 0.4) is 0 Å². The van der Waals surface area contributed by atoms with Crippen molar-refractivity contribution in [2.75, 3.05) is 5.75 Å². The minimum Gasteiger partial charge on any atom is -0.345 e. The summed E-state index contributed by atoms with van der Waals surface area (Å²) in [6, 6.07) is 15.3. The number of hydrogen-bond acceptors (Lipinski definition) is 4. The van der Waals surface area contributed by atoms with E-state index in [1.165, 1.54) is 11.8 Å². The van der Waals surface area contributed by atoms with Crippen molar-refractivity contribution < 1.29 is 4.79 Å². The van der Waals surface area contributed by atoms with Crippen molar-refractivity contribution in [1.82, 2.24) is 14.1 Å². The second-order valence-corrected chi connectivity index (χ2v) is 9.24. The minimum absolute atomic E-state index is 0.0118. The second kappa shape index (κ2) is 9.24. The number of aromatic nitrogens is 3. The molecule has 0 amide bonds. The molecule has 0 aliphatic carbocycles. The van der Waals surface area contributed by atoms with E-state index in [4.69, 9.17) is 4.98 Å². The first-order valence-corrected chi connectivity index (χ1v) is 11.8. The van der Waals surface area contributed by atoms with E-state index in [1.807, 2.05) is 70.2 Å². The van der Waals surface area contributed by atoms with E-state index in [1.54, 1.807) is 10.6 Å². The first-order valence-electron chi connectivity index (χ1n) is 10.8. The third-order valence-electron chi connectivity index (χ3n) is 5.73. The normalized spacial score (nSPS) is 11.2. The van der Waals surface area contributed by atoms with Gasteiger partial charge in [0.25, 0.3) is 5.56 Å². The molecule has 4 aromatic rings. The van der Waals surface area contributed by atoms with Crippen molar-refractivity contribution >= 4 is 28.4 Å². The van der Waals surface area contributed by atoms with Crippen LogP contribution in [-0.4, -0.2) is 25.7 Å². The van der Waals surface area contributed by atoms with E-state index < -0.39 is 0 Å². The van der Waals surface area contributed by atoms with Gasteiger partial charge >= 0.3 is 0 Å². The van der Waals surface area contributed by atoms with Crippen LogP contribution in [0.5, 0.6) is 0 Å². The summed E-state index contributed by atoms with van der Waals surface area (Å²) in [6.45, 7) is 12.4. The van der Waals surface area contributed by atoms with Crippen LogP contribution in [-0.2, 0) is 6.54 Å². The number of nitrogens with zero attached hydrogens (tertiary/aromatic N) is 3. The van der Waals surface area contributed by atoms with Gasteiger partial charge in [0.2, 0.25) is 0 Å². The van der Waals surface area contributed by atoms with Crippen LogP contribution in [0.25, 0.3) is 16.6 Å². The molecule has 2 aromatic heterocycles. The van der Waals surface area contributed by atoms with Crippen molar-refractivity contribution in [3.63, 3.8) is 0 Å². The van der Waals surface area contributed by atoms with Gasteiger partial charge in [0, 0.05) is 23.5 Å². The Morgan fingerprint density at radius 2 is 1.76 bits per heavy atom. The molecule has 6 heteroatoms. The lowest BCUT2D eigenvalue weighted by Gasteiger charge is -2.14. The van der Waals surface area contributed by atoms with Crippen LogP contribution in [0, 0.1) is 27.7 Å². The molecule has 0 spiro atoms. The molecule has 5 nitrogen and oxygen atoms in total. The summed E-state index contributed by atoms with van der Waals surface area (Å²) in [4.78, 5) is 31.4. The van der Waals surface area contributed by atoms with Crippen LogP contribution in [0.4, 0.5) is 0 Å². The Balaban J connectivity index is 1.76. The fraction of sp³-hybridized carbons (Fsp3) is 0.222. The van der Waals surface area contributed by atoms with Crippen molar-refractivity contribution in [2.24, 2.45) is 0 Å². The Kier molecular flexibility index (Phi) is 6.38. The van der Waals surface area contributed by atoms with Gasteiger partial charge in [-0.05, 0) is 69.2 Å². The van der Waals surface area contributed by atoms with E-state index in [9.17, 15) is 9.59 Å². The lowest BCUT2D eigenvalue weighted by molar-refractivity contribution is 0.102. The van der Waals surface area contributed by atoms with Crippen molar-refractivity contribution in [3.05, 3.63) is 99.6 Å². The average molecular weight is 458 g/mol. The van der Waals surface area contributed by atoms with Crippen LogP contribution >= 0.6 is 11.8 Å². The fourth-order valence-corrected chi connectivity index (χ4v) is 5.11. The Morgan fingerprint density at radius 3 is 2.45 bits per heavy atom. The second-order valence-electron chi connectivity index (χ2n) is 8.29. The number of para-hydroxylation sites is 1. The van der Waals surface area contributed by atoms with Gasteiger partial charge in [0.1, 0.15) is 0 Å². The van der Waals surface area contributed by atoms with Crippen molar-refractivity contribution in [2.45, 2.75) is 39.4 Å². The fourth-order valence-electron chi connectivity index (χ4n) is 4.22. The van der Waals surface area contributed by atoms with Crippen LogP contribution in [0.15, 0.2) is 71.1 Å². The molecular weight excluding hydrogens is 430 g/mol. The lowest BCUT2D eigenvalue weighted by atomic mass is 10.1. The summed E-state index contributed by atoms with van der Waals surface area (Å²) in [5.41, 5.74) is 6.02. The number of hydrogen-bond donors (Lipinski definition) is 0. The van der Waals surface area contributed by atoms with E-state index in [0.717, 1.165) is 28.2 Å². The topological polar surface area (TPSA) is 56.9 Å². The number of allylic oxidation sites excluding steroid dienone is 1. The van der Waals surface area contributed by atoms with Crippen LogP contribution in [0.2, 0.25) is 0 Å². The number of thioether (sulfide) groups is 1. The predicted octanol–water partition coefficient (Wildman–Crippen LogP) is 5.58. The van der Waals surface area contributed by atoms with E-state index in [-0.39, 0.29) is 17.1 Å². The summed E-state index contributed by atoms with van der Waals surface area (Å²) in [5.74, 6) is 0.200. The zero-order valence-corrected chi connectivity index (χ0v) is 20.2. The van der Waals surface area contributed by atoms with E-state index in [0.29, 0.717) is 28.2 Å². The van der Waals surface area contributed by atoms with E-state index in [2.05, 4.69) is 17.2 Å². The van der Waals surface area contributed by atoms with Gasteiger partial charge in [-0.3, -0.25) is 14.2 Å². The van der Waals surface area contributed by atoms with Gasteiger partial charge in [-0.2, -0.15) is 0 Å². The zero-order valence-electron chi connectivity index (χ0n) is 19.4. The minimum atomic E-state index is -0.135. The number of ketones is 1. The van der Waals surface area contributed by atoms with Gasteiger partial charge in [0.05, 0.1) is 22.3 Å². The molecule has 0 fully saturated rings. The summed E-state index contributed by atoms with van der Waals surface area (Å²) in [5, 5.41) is 1.07. The summed E-state index contributed by atoms with van der Waals surface area (Å²) in [6.07, 6.45) is 1.82. The van der Waals surface area contributed by atoms with Gasteiger partial charge in [-0.25, -0.2) is 4.98 Å². The number of carbonyl (C=O) groups is 1. The van der Waals surface area contributed by atoms with Crippen molar-refractivity contribution in [1.29, 1.82) is 0 Å². The maximum atomic E-state index is 13.5. The summed E-state index contributed by atoms with van der Waals surface area (Å²) >= 11 is 1.30. The average Bonchev–Trinajstić information content (AvgIpc) is 3.05. The molecule has 0 radical (unpaired) electrons. The van der Waals surface area contributed by atoms with Crippen LogP contribution in [0.1, 0.15) is 32.9 Å². The molecule has 168 valence electrons. The molecular formula is C27H27N3O2S. The number of rotatable bonds is 7. The van der Waals surface area contributed by atoms with E-state index >= 15 is 0 Å². The molecule has 0 aliphatic heterocycles. The number of fused-ring (bicyclic) bond motifs is 1. The third kappa shape index (κ3) is 4.44. The Hall–Kier alpha value is -3.38. The monoisotopic (exact) mass is 457 g/mol. The smallest absolute Gasteiger partial charge is 0.266 e. The third-order valence-corrected chi connectivity index (χ3v) is 6.67. The van der Waals surface area contributed by atoms with Gasteiger partial charge < -0.3 is 4.57 Å². The predicted molar refractivity (Wildman–Crippen MR) is 136 cm³/mol. The highest BCUT2D eigenvalue weighted by Gasteiger charge is 2.19. The van der Waals surface area contributed by atoms with Crippen molar-refractivity contribution in [3.8, 4) is 5.69 Å². The highest BCUT2D eigenvalue weighted by molar-refractivity contribution is 7.99. The highest BCUT2D eigenvalue weighted by Crippen LogP contribution is 2.25. The molecule has 0 unspecified atom stereocenters. The zero-order chi connectivity index (χ0) is 23.7. The Morgan fingerprint density at radius 1 is 1.06 bits per heavy atom. The molecule has 2 heterocycles. The molecule has 0 saturated carbocycles. The SMILES string of the molecule is C=CCn1c(C)cc(C(=O)CSc2nc3ccccc3c(=O)n2-c2cc(C)cc(C)c2)c1C. The Labute approximate surface area is 197 Å². The van der Waals surface area contributed by atoms with Gasteiger partial charge in [-0.15, -0.1) is 6.58 Å². The summed E-state index contributed by atoms with van der Waals surface area (Å²) in [7, 11) is 0. The molecule has 4 rings (SSSR count). The number of Topliss-reactive ketones (excluding diaryl/α,β-unsaturated/α-hetero) is 1. The number of aryl methyl sites for hydroxylation is 3. The molecule has 0 saturated heterocycles. The van der Waals surface area contributed by atoms with Gasteiger partial charge in [0.15, 0.2) is 10.9 Å². The van der Waals surface area contributed by atoms with Gasteiger partial charge in [-0.1, -0.05) is 36.0 Å². The molecule has 0 N–H and O–H groups in total. The molecule has 2 aromatic carbocycles. The quantitative estimate of drug-likeness (QED) is 0.157. The maximum Gasteiger partial charge on any atom is 0.266 e. The highest BCUT2D eigenvalue weighted by atomic mass is 32.2. The molecule has 0 atom stereocenters. The Bertz CT molecular complexity index is 1430. The van der Waals surface area contributed by atoms with Crippen LogP contribution < -0.4 is 5.56 Å². The first kappa shape index (κ1) is 22.8. The lowest BCUT2D eigenvalue weighted by Crippen LogP contribution is -2.22. The number of benzene rings is 2. The number of carbonyl (C=O) groups excluding carboxylic acids is 1. The largest absolute Gasteiger partial charge is 0.345 e. The first-order chi connectivity index (χ1) is 15.8. The summed E-state index contributed by atoms with van der Waals surface area (Å²) < 4.78 is 3.70. The maximum absolute atomic E-state index is 13.5. The molecule has 0 aliphatic rings. The molecule has 33 heavy (non-hydrogen) atoms.